The van der Waals surface area contributed by atoms with Crippen molar-refractivity contribution in [3.63, 3.8) is 0 Å². The van der Waals surface area contributed by atoms with Gasteiger partial charge in [-0.05, 0) is 25.0 Å². The molecule has 0 saturated heterocycles. The highest BCUT2D eigenvalue weighted by molar-refractivity contribution is 5.93. The van der Waals surface area contributed by atoms with Crippen molar-refractivity contribution in [2.24, 2.45) is 5.73 Å². The number of halogens is 1. The molecule has 8 heteroatoms. The van der Waals surface area contributed by atoms with Crippen LogP contribution in [-0.4, -0.2) is 29.1 Å². The number of nitrogens with one attached hydrogen (secondary N) is 2. The Labute approximate surface area is 120 Å². The number of carbonyl (C=O) groups excluding carboxylic acids is 2. The number of rotatable bonds is 6. The van der Waals surface area contributed by atoms with Gasteiger partial charge in [0.2, 0.25) is 5.91 Å². The standard InChI is InChI=1S/C13H16FN3O4/c1-7-3-2-4-8(14)11(7)17-13(21)16-9(12(19)20)5-6-10(15)18/h2-4,9H,5-6H2,1H3,(H2,15,18)(H,19,20)(H2,16,17,21)/t9-/m0/s1. The van der Waals surface area contributed by atoms with Crippen LogP contribution in [0, 0.1) is 12.7 Å². The molecule has 0 aromatic heterocycles. The van der Waals surface area contributed by atoms with Gasteiger partial charge in [0.05, 0.1) is 5.69 Å². The van der Waals surface area contributed by atoms with Gasteiger partial charge in [-0.2, -0.15) is 0 Å². The van der Waals surface area contributed by atoms with Crippen LogP contribution in [-0.2, 0) is 9.59 Å². The summed E-state index contributed by atoms with van der Waals surface area (Å²) in [4.78, 5) is 33.3. The van der Waals surface area contributed by atoms with Crippen molar-refractivity contribution in [3.8, 4) is 0 Å². The summed E-state index contributed by atoms with van der Waals surface area (Å²) in [6.45, 7) is 1.60. The minimum Gasteiger partial charge on any atom is -0.480 e. The van der Waals surface area contributed by atoms with E-state index in [2.05, 4.69) is 10.6 Å². The molecule has 114 valence electrons. The zero-order chi connectivity index (χ0) is 16.0. The first-order chi connectivity index (χ1) is 9.81. The van der Waals surface area contributed by atoms with Crippen molar-refractivity contribution < 1.29 is 23.9 Å². The molecule has 0 aliphatic heterocycles. The van der Waals surface area contributed by atoms with Crippen LogP contribution in [0.1, 0.15) is 18.4 Å². The van der Waals surface area contributed by atoms with Gasteiger partial charge in [-0.15, -0.1) is 0 Å². The molecule has 0 saturated carbocycles. The Hall–Kier alpha value is -2.64. The lowest BCUT2D eigenvalue weighted by Crippen LogP contribution is -2.43. The average Bonchev–Trinajstić information content (AvgIpc) is 2.38. The zero-order valence-corrected chi connectivity index (χ0v) is 11.4. The number of para-hydroxylation sites is 1. The molecule has 0 unspecified atom stereocenters. The lowest BCUT2D eigenvalue weighted by atomic mass is 10.1. The average molecular weight is 297 g/mol. The van der Waals surface area contributed by atoms with Gasteiger partial charge in [0.25, 0.3) is 0 Å². The van der Waals surface area contributed by atoms with Gasteiger partial charge in [0, 0.05) is 6.42 Å². The maximum atomic E-state index is 13.5. The molecule has 0 fully saturated rings. The van der Waals surface area contributed by atoms with Crippen LogP contribution in [0.2, 0.25) is 0 Å². The summed E-state index contributed by atoms with van der Waals surface area (Å²) in [7, 11) is 0. The predicted molar refractivity (Wildman–Crippen MR) is 73.1 cm³/mol. The van der Waals surface area contributed by atoms with Gasteiger partial charge < -0.3 is 21.5 Å². The van der Waals surface area contributed by atoms with Crippen LogP contribution in [0.3, 0.4) is 0 Å². The predicted octanol–water partition coefficient (Wildman–Crippen LogP) is 0.974. The Balaban J connectivity index is 2.70. The molecule has 0 aliphatic carbocycles. The smallest absolute Gasteiger partial charge is 0.326 e. The number of carboxylic acids is 1. The summed E-state index contributed by atoms with van der Waals surface area (Å²) < 4.78 is 13.5. The van der Waals surface area contributed by atoms with E-state index in [1.807, 2.05) is 0 Å². The van der Waals surface area contributed by atoms with Crippen LogP contribution in [0.25, 0.3) is 0 Å². The number of nitrogens with two attached hydrogens (primary N) is 1. The fraction of sp³-hybridized carbons (Fsp3) is 0.308. The molecule has 1 rings (SSSR count). The first kappa shape index (κ1) is 16.4. The number of carbonyl (C=O) groups is 3. The van der Waals surface area contributed by atoms with E-state index in [9.17, 15) is 18.8 Å². The third-order valence-corrected chi connectivity index (χ3v) is 2.74. The third-order valence-electron chi connectivity index (χ3n) is 2.74. The highest BCUT2D eigenvalue weighted by atomic mass is 19.1. The summed E-state index contributed by atoms with van der Waals surface area (Å²) in [5.74, 6) is -2.61. The number of hydrogen-bond donors (Lipinski definition) is 4. The molecule has 0 spiro atoms. The van der Waals surface area contributed by atoms with Crippen molar-refractivity contribution >= 4 is 23.6 Å². The van der Waals surface area contributed by atoms with Crippen molar-refractivity contribution in [1.29, 1.82) is 0 Å². The minimum absolute atomic E-state index is 0.0333. The molecule has 0 heterocycles. The summed E-state index contributed by atoms with van der Waals surface area (Å²) in [5.41, 5.74) is 5.39. The number of benzene rings is 1. The maximum absolute atomic E-state index is 13.5. The van der Waals surface area contributed by atoms with Gasteiger partial charge in [-0.25, -0.2) is 14.0 Å². The second-order valence-corrected chi connectivity index (χ2v) is 4.43. The van der Waals surface area contributed by atoms with Crippen LogP contribution >= 0.6 is 0 Å². The number of hydrogen-bond acceptors (Lipinski definition) is 3. The highest BCUT2D eigenvalue weighted by Gasteiger charge is 2.21. The number of aryl methyl sites for hydroxylation is 1. The normalized spacial score (nSPS) is 11.5. The molecule has 0 radical (unpaired) electrons. The molecule has 0 aliphatic rings. The Bertz CT molecular complexity index is 542. The minimum atomic E-state index is -1.31. The van der Waals surface area contributed by atoms with Gasteiger partial charge in [-0.1, -0.05) is 12.1 Å². The molecular formula is C13H16FN3O4. The maximum Gasteiger partial charge on any atom is 0.326 e. The summed E-state index contributed by atoms with van der Waals surface area (Å²) in [6, 6.07) is 2.09. The Morgan fingerprint density at radius 2 is 2.05 bits per heavy atom. The monoisotopic (exact) mass is 297 g/mol. The fourth-order valence-electron chi connectivity index (χ4n) is 1.64. The first-order valence-corrected chi connectivity index (χ1v) is 6.15. The molecular weight excluding hydrogens is 281 g/mol. The summed E-state index contributed by atoms with van der Waals surface area (Å²) in [6.07, 6.45) is -0.329. The second-order valence-electron chi connectivity index (χ2n) is 4.43. The summed E-state index contributed by atoms with van der Waals surface area (Å²) >= 11 is 0. The van der Waals surface area contributed by atoms with E-state index in [-0.39, 0.29) is 18.5 Å². The van der Waals surface area contributed by atoms with E-state index in [1.54, 1.807) is 13.0 Å². The number of urea groups is 1. The van der Waals surface area contributed by atoms with Gasteiger partial charge in [-0.3, -0.25) is 4.79 Å². The number of carboxylic acid groups (broad SMARTS) is 1. The number of amides is 3. The molecule has 1 aromatic carbocycles. The van der Waals surface area contributed by atoms with Crippen molar-refractivity contribution in [3.05, 3.63) is 29.6 Å². The first-order valence-electron chi connectivity index (χ1n) is 6.15. The summed E-state index contributed by atoms with van der Waals surface area (Å²) in [5, 5.41) is 13.3. The Morgan fingerprint density at radius 3 is 2.57 bits per heavy atom. The van der Waals surface area contributed by atoms with Crippen LogP contribution < -0.4 is 16.4 Å². The second kappa shape index (κ2) is 7.22. The van der Waals surface area contributed by atoms with E-state index in [0.717, 1.165) is 0 Å². The fourth-order valence-corrected chi connectivity index (χ4v) is 1.64. The van der Waals surface area contributed by atoms with Gasteiger partial charge in [0.1, 0.15) is 11.9 Å². The quantitative estimate of drug-likeness (QED) is 0.625. The van der Waals surface area contributed by atoms with Crippen molar-refractivity contribution in [1.82, 2.24) is 5.32 Å². The van der Waals surface area contributed by atoms with Crippen LogP contribution in [0.5, 0.6) is 0 Å². The molecule has 1 aromatic rings. The van der Waals surface area contributed by atoms with E-state index in [0.29, 0.717) is 5.56 Å². The van der Waals surface area contributed by atoms with E-state index in [1.165, 1.54) is 12.1 Å². The highest BCUT2D eigenvalue weighted by Crippen LogP contribution is 2.18. The SMILES string of the molecule is Cc1cccc(F)c1NC(=O)N[C@@H](CCC(N)=O)C(=O)O. The lowest BCUT2D eigenvalue weighted by Gasteiger charge is -2.15. The molecule has 5 N–H and O–H groups in total. The number of anilines is 1. The third kappa shape index (κ3) is 5.09. The van der Waals surface area contributed by atoms with Crippen LogP contribution in [0.4, 0.5) is 14.9 Å². The Morgan fingerprint density at radius 1 is 1.38 bits per heavy atom. The van der Waals surface area contributed by atoms with Crippen LogP contribution in [0.15, 0.2) is 18.2 Å². The largest absolute Gasteiger partial charge is 0.480 e. The number of primary amides is 1. The molecule has 7 nitrogen and oxygen atoms in total. The molecule has 0 bridgehead atoms. The topological polar surface area (TPSA) is 122 Å². The lowest BCUT2D eigenvalue weighted by molar-refractivity contribution is -0.139. The molecule has 1 atom stereocenters. The van der Waals surface area contributed by atoms with Gasteiger partial charge in [0.15, 0.2) is 0 Å². The van der Waals surface area contributed by atoms with Crippen molar-refractivity contribution in [2.75, 3.05) is 5.32 Å². The molecule has 21 heavy (non-hydrogen) atoms. The number of aliphatic carboxylic acids is 1. The van der Waals surface area contributed by atoms with E-state index >= 15 is 0 Å². The van der Waals surface area contributed by atoms with E-state index in [4.69, 9.17) is 10.8 Å². The zero-order valence-electron chi connectivity index (χ0n) is 11.4. The van der Waals surface area contributed by atoms with E-state index < -0.39 is 29.8 Å². The van der Waals surface area contributed by atoms with Gasteiger partial charge >= 0.3 is 12.0 Å². The molecule has 3 amide bonds. The Kier molecular flexibility index (Phi) is 5.65. The van der Waals surface area contributed by atoms with Crippen molar-refractivity contribution in [2.45, 2.75) is 25.8 Å².